The van der Waals surface area contributed by atoms with Crippen LogP contribution in [0.5, 0.6) is 5.75 Å². The summed E-state index contributed by atoms with van der Waals surface area (Å²) < 4.78 is 29.6. The summed E-state index contributed by atoms with van der Waals surface area (Å²) in [7, 11) is -1.56. The molecule has 1 N–H and O–H groups in total. The average Bonchev–Trinajstić information content (AvgIpc) is 3.23. The first-order valence-electron chi connectivity index (χ1n) is 10.6. The molecule has 0 radical (unpaired) electrons. The largest absolute Gasteiger partial charge is 0.496 e. The summed E-state index contributed by atoms with van der Waals surface area (Å²) in [6.07, 6.45) is 5.56. The van der Waals surface area contributed by atoms with Crippen molar-refractivity contribution in [2.45, 2.75) is 30.7 Å². The van der Waals surface area contributed by atoms with Gasteiger partial charge in [-0.15, -0.1) is 0 Å². The molecule has 2 aromatic carbocycles. The zero-order valence-electron chi connectivity index (χ0n) is 18.0. The van der Waals surface area contributed by atoms with E-state index in [1.807, 2.05) is 18.2 Å². The molecular weight excluding hydrogens is 410 g/mol. The van der Waals surface area contributed by atoms with E-state index in [9.17, 15) is 8.42 Å². The lowest BCUT2D eigenvalue weighted by atomic mass is 9.92. The lowest BCUT2D eigenvalue weighted by Crippen LogP contribution is -2.36. The standard InChI is InChI=1S/C24H29N3O3S/c1-30-23-12-6-5-11-21(23)20-10-4-3-9-19(20)17-27-13-7-8-18(16-27)14-22-24(15-25-26-22)31(2,28)29/h3-6,9-12,15,18H,7-8,13-14,16-17H2,1-2H3,(H,25,26). The van der Waals surface area contributed by atoms with Gasteiger partial charge < -0.3 is 4.74 Å². The number of sulfone groups is 1. The number of piperidine rings is 1. The normalized spacial score (nSPS) is 17.5. The minimum Gasteiger partial charge on any atom is -0.496 e. The van der Waals surface area contributed by atoms with Gasteiger partial charge in [0.25, 0.3) is 0 Å². The smallest absolute Gasteiger partial charge is 0.178 e. The van der Waals surface area contributed by atoms with Crippen LogP contribution in [0, 0.1) is 5.92 Å². The molecule has 3 aromatic rings. The molecule has 2 heterocycles. The van der Waals surface area contributed by atoms with E-state index in [0.29, 0.717) is 17.2 Å². The van der Waals surface area contributed by atoms with Crippen molar-refractivity contribution in [2.24, 2.45) is 5.92 Å². The first-order valence-corrected chi connectivity index (χ1v) is 12.5. The maximum absolute atomic E-state index is 12.0. The molecule has 1 atom stereocenters. The zero-order valence-corrected chi connectivity index (χ0v) is 18.9. The second kappa shape index (κ2) is 9.24. The topological polar surface area (TPSA) is 75.3 Å². The highest BCUT2D eigenvalue weighted by Crippen LogP contribution is 2.33. The number of hydrogen-bond donors (Lipinski definition) is 1. The molecule has 1 aliphatic heterocycles. The predicted octanol–water partition coefficient (Wildman–Crippen LogP) is 3.94. The Bertz CT molecular complexity index is 1140. The fraction of sp³-hybridized carbons (Fsp3) is 0.375. The van der Waals surface area contributed by atoms with E-state index in [-0.39, 0.29) is 0 Å². The molecule has 6 nitrogen and oxygen atoms in total. The molecule has 1 aliphatic rings. The number of likely N-dealkylation sites (tertiary alicyclic amines) is 1. The van der Waals surface area contributed by atoms with E-state index in [1.54, 1.807) is 7.11 Å². The molecule has 1 aromatic heterocycles. The van der Waals surface area contributed by atoms with Crippen molar-refractivity contribution >= 4 is 9.84 Å². The Morgan fingerprint density at radius 1 is 1.13 bits per heavy atom. The first kappa shape index (κ1) is 21.6. The first-order chi connectivity index (χ1) is 15.0. The Morgan fingerprint density at radius 3 is 2.65 bits per heavy atom. The highest BCUT2D eigenvalue weighted by atomic mass is 32.2. The van der Waals surface area contributed by atoms with E-state index < -0.39 is 9.84 Å². The van der Waals surface area contributed by atoms with Crippen molar-refractivity contribution < 1.29 is 13.2 Å². The number of aromatic amines is 1. The van der Waals surface area contributed by atoms with Crippen LogP contribution >= 0.6 is 0 Å². The van der Waals surface area contributed by atoms with Gasteiger partial charge in [-0.05, 0) is 48.9 Å². The van der Waals surface area contributed by atoms with Gasteiger partial charge in [0.2, 0.25) is 0 Å². The number of benzene rings is 2. The number of nitrogens with one attached hydrogen (secondary N) is 1. The summed E-state index contributed by atoms with van der Waals surface area (Å²) >= 11 is 0. The van der Waals surface area contributed by atoms with Gasteiger partial charge in [0, 0.05) is 24.9 Å². The molecule has 164 valence electrons. The minimum atomic E-state index is -3.27. The summed E-state index contributed by atoms with van der Waals surface area (Å²) in [6, 6.07) is 16.6. The van der Waals surface area contributed by atoms with Gasteiger partial charge >= 0.3 is 0 Å². The van der Waals surface area contributed by atoms with Crippen molar-refractivity contribution in [3.05, 3.63) is 66.0 Å². The second-order valence-electron chi connectivity index (χ2n) is 8.29. The van der Waals surface area contributed by atoms with Crippen LogP contribution in [0.1, 0.15) is 24.1 Å². The van der Waals surface area contributed by atoms with Crippen molar-refractivity contribution in [3.8, 4) is 16.9 Å². The third-order valence-corrected chi connectivity index (χ3v) is 7.13. The van der Waals surface area contributed by atoms with E-state index >= 15 is 0 Å². The monoisotopic (exact) mass is 439 g/mol. The second-order valence-corrected chi connectivity index (χ2v) is 10.3. The van der Waals surface area contributed by atoms with E-state index in [2.05, 4.69) is 45.4 Å². The Hall–Kier alpha value is -2.64. The highest BCUT2D eigenvalue weighted by Gasteiger charge is 2.24. The molecule has 0 amide bonds. The minimum absolute atomic E-state index is 0.325. The van der Waals surface area contributed by atoms with E-state index in [1.165, 1.54) is 23.6 Å². The maximum Gasteiger partial charge on any atom is 0.178 e. The Labute approximate surface area is 184 Å². The summed E-state index contributed by atoms with van der Waals surface area (Å²) in [6.45, 7) is 2.83. The summed E-state index contributed by atoms with van der Waals surface area (Å²) in [5.74, 6) is 1.27. The van der Waals surface area contributed by atoms with Crippen LogP contribution in [0.2, 0.25) is 0 Å². The quantitative estimate of drug-likeness (QED) is 0.603. The molecule has 0 saturated carbocycles. The van der Waals surface area contributed by atoms with Gasteiger partial charge in [-0.2, -0.15) is 5.10 Å². The van der Waals surface area contributed by atoms with Crippen LogP contribution in [-0.2, 0) is 22.8 Å². The predicted molar refractivity (Wildman–Crippen MR) is 122 cm³/mol. The third kappa shape index (κ3) is 4.99. The van der Waals surface area contributed by atoms with Crippen molar-refractivity contribution in [2.75, 3.05) is 26.5 Å². The molecule has 1 fully saturated rings. The molecule has 0 aliphatic carbocycles. The SMILES string of the molecule is COc1ccccc1-c1ccccc1CN1CCCC(Cc2[nH]ncc2S(C)(=O)=O)C1. The number of ether oxygens (including phenoxy) is 1. The summed E-state index contributed by atoms with van der Waals surface area (Å²) in [5.41, 5.74) is 4.29. The number of aromatic nitrogens is 2. The summed E-state index contributed by atoms with van der Waals surface area (Å²) in [5, 5.41) is 6.88. The van der Waals surface area contributed by atoms with Gasteiger partial charge in [0.1, 0.15) is 10.6 Å². The Kier molecular flexibility index (Phi) is 6.43. The lowest BCUT2D eigenvalue weighted by molar-refractivity contribution is 0.166. The highest BCUT2D eigenvalue weighted by molar-refractivity contribution is 7.90. The van der Waals surface area contributed by atoms with E-state index in [4.69, 9.17) is 4.74 Å². The number of methoxy groups -OCH3 is 1. The van der Waals surface area contributed by atoms with Crippen LogP contribution in [0.3, 0.4) is 0 Å². The molecular formula is C24H29N3O3S. The van der Waals surface area contributed by atoms with Crippen LogP contribution in [0.4, 0.5) is 0 Å². The third-order valence-electron chi connectivity index (χ3n) is 5.98. The summed E-state index contributed by atoms with van der Waals surface area (Å²) in [4.78, 5) is 2.80. The number of hydrogen-bond acceptors (Lipinski definition) is 5. The van der Waals surface area contributed by atoms with Crippen molar-refractivity contribution in [1.29, 1.82) is 0 Å². The maximum atomic E-state index is 12.0. The van der Waals surface area contributed by atoms with E-state index in [0.717, 1.165) is 49.5 Å². The van der Waals surface area contributed by atoms with Crippen LogP contribution in [0.15, 0.2) is 59.6 Å². The van der Waals surface area contributed by atoms with Gasteiger partial charge in [-0.25, -0.2) is 8.42 Å². The fourth-order valence-corrected chi connectivity index (χ4v) is 5.37. The number of nitrogens with zero attached hydrogens (tertiary/aromatic N) is 2. The molecule has 0 bridgehead atoms. The van der Waals surface area contributed by atoms with Crippen LogP contribution < -0.4 is 4.74 Å². The number of H-pyrrole nitrogens is 1. The molecule has 0 spiro atoms. The fourth-order valence-electron chi connectivity index (χ4n) is 4.55. The van der Waals surface area contributed by atoms with Crippen LogP contribution in [0.25, 0.3) is 11.1 Å². The molecule has 4 rings (SSSR count). The van der Waals surface area contributed by atoms with Gasteiger partial charge in [-0.1, -0.05) is 42.5 Å². The molecule has 7 heteroatoms. The zero-order chi connectivity index (χ0) is 21.8. The Balaban J connectivity index is 1.51. The number of rotatable bonds is 7. The number of para-hydroxylation sites is 1. The van der Waals surface area contributed by atoms with Crippen molar-refractivity contribution in [3.63, 3.8) is 0 Å². The van der Waals surface area contributed by atoms with Gasteiger partial charge in [0.05, 0.1) is 19.0 Å². The molecule has 31 heavy (non-hydrogen) atoms. The average molecular weight is 440 g/mol. The van der Waals surface area contributed by atoms with Crippen molar-refractivity contribution in [1.82, 2.24) is 15.1 Å². The van der Waals surface area contributed by atoms with Gasteiger partial charge in [0.15, 0.2) is 9.84 Å². The van der Waals surface area contributed by atoms with Gasteiger partial charge in [-0.3, -0.25) is 10.00 Å². The lowest BCUT2D eigenvalue weighted by Gasteiger charge is -2.33. The van der Waals surface area contributed by atoms with Crippen LogP contribution in [-0.4, -0.2) is 50.0 Å². The molecule has 1 unspecified atom stereocenters. The molecule has 1 saturated heterocycles. The Morgan fingerprint density at radius 2 is 1.87 bits per heavy atom.